The van der Waals surface area contributed by atoms with Crippen LogP contribution in [0, 0.1) is 0 Å². The maximum atomic E-state index is 11.6. The monoisotopic (exact) mass is 326 g/mol. The van der Waals surface area contributed by atoms with Crippen molar-refractivity contribution in [3.05, 3.63) is 39.9 Å². The molecular weight excluding hydrogens is 312 g/mol. The molecule has 19 heavy (non-hydrogen) atoms. The number of carboxylic acids is 1. The maximum absolute atomic E-state index is 11.6. The molecule has 0 fully saturated rings. The van der Waals surface area contributed by atoms with Crippen LogP contribution in [0.5, 0.6) is 0 Å². The number of aromatic carboxylic acids is 1. The number of carboxylic acid groups (broad SMARTS) is 1. The van der Waals surface area contributed by atoms with Gasteiger partial charge in [-0.25, -0.2) is 9.59 Å². The minimum absolute atomic E-state index is 0.0422. The average molecular weight is 327 g/mol. The van der Waals surface area contributed by atoms with E-state index in [2.05, 4.69) is 26.6 Å². The molecule has 0 unspecified atom stereocenters. The van der Waals surface area contributed by atoms with E-state index in [1.54, 1.807) is 12.1 Å². The van der Waals surface area contributed by atoms with Crippen molar-refractivity contribution in [2.24, 2.45) is 0 Å². The Bertz CT molecular complexity index is 523. The maximum Gasteiger partial charge on any atom is 0.337 e. The van der Waals surface area contributed by atoms with Gasteiger partial charge < -0.3 is 15.7 Å². The molecule has 1 rings (SSSR count). The number of benzene rings is 1. The fourth-order valence-electron chi connectivity index (χ4n) is 1.32. The van der Waals surface area contributed by atoms with Crippen molar-refractivity contribution < 1.29 is 14.7 Å². The largest absolute Gasteiger partial charge is 0.478 e. The topological polar surface area (TPSA) is 78.4 Å². The third-order valence-electron chi connectivity index (χ3n) is 2.23. The second-order valence-corrected chi connectivity index (χ2v) is 5.03. The summed E-state index contributed by atoms with van der Waals surface area (Å²) in [6, 6.07) is 4.13. The highest BCUT2D eigenvalue weighted by Crippen LogP contribution is 2.21. The zero-order valence-corrected chi connectivity index (χ0v) is 12.2. The minimum atomic E-state index is -1.09. The van der Waals surface area contributed by atoms with E-state index >= 15 is 0 Å². The third-order valence-corrected chi connectivity index (χ3v) is 2.73. The van der Waals surface area contributed by atoms with Gasteiger partial charge in [0.2, 0.25) is 0 Å². The number of rotatable bonds is 4. The summed E-state index contributed by atoms with van der Waals surface area (Å²) in [5.74, 6) is -1.09. The highest BCUT2D eigenvalue weighted by molar-refractivity contribution is 9.10. The molecule has 3 N–H and O–H groups in total. The van der Waals surface area contributed by atoms with Crippen molar-refractivity contribution >= 4 is 33.6 Å². The molecule has 1 aromatic rings. The van der Waals surface area contributed by atoms with Gasteiger partial charge in [0.15, 0.2) is 0 Å². The van der Waals surface area contributed by atoms with Crippen LogP contribution in [0.25, 0.3) is 0 Å². The summed E-state index contributed by atoms with van der Waals surface area (Å²) in [5.41, 5.74) is 1.38. The molecule has 0 atom stereocenters. The summed E-state index contributed by atoms with van der Waals surface area (Å²) in [7, 11) is 0. The number of carbonyl (C=O) groups is 2. The SMILES string of the molecule is CC(C)=CCNC(=O)Nc1cc(Br)ccc1C(=O)O. The van der Waals surface area contributed by atoms with Gasteiger partial charge in [-0.15, -0.1) is 0 Å². The van der Waals surface area contributed by atoms with Crippen LogP contribution in [0.2, 0.25) is 0 Å². The fraction of sp³-hybridized carbons (Fsp3) is 0.231. The van der Waals surface area contributed by atoms with E-state index in [1.165, 1.54) is 6.07 Å². The van der Waals surface area contributed by atoms with E-state index in [1.807, 2.05) is 19.9 Å². The highest BCUT2D eigenvalue weighted by Gasteiger charge is 2.12. The van der Waals surface area contributed by atoms with Crippen molar-refractivity contribution in [2.45, 2.75) is 13.8 Å². The number of allylic oxidation sites excluding steroid dienone is 1. The van der Waals surface area contributed by atoms with Crippen LogP contribution in [-0.4, -0.2) is 23.7 Å². The minimum Gasteiger partial charge on any atom is -0.478 e. The molecule has 0 aliphatic rings. The molecule has 0 bridgehead atoms. The Labute approximate surface area is 119 Å². The molecular formula is C13H15BrN2O3. The van der Waals surface area contributed by atoms with Gasteiger partial charge in [-0.2, -0.15) is 0 Å². The lowest BCUT2D eigenvalue weighted by atomic mass is 10.2. The Balaban J connectivity index is 2.75. The van der Waals surface area contributed by atoms with Crippen LogP contribution in [0.15, 0.2) is 34.3 Å². The van der Waals surface area contributed by atoms with E-state index in [4.69, 9.17) is 5.11 Å². The van der Waals surface area contributed by atoms with Crippen molar-refractivity contribution in [1.82, 2.24) is 5.32 Å². The van der Waals surface area contributed by atoms with Crippen LogP contribution in [0.3, 0.4) is 0 Å². The molecule has 6 heteroatoms. The summed E-state index contributed by atoms with van der Waals surface area (Å²) in [6.07, 6.45) is 1.86. The summed E-state index contributed by atoms with van der Waals surface area (Å²) in [5, 5.41) is 14.2. The molecule has 2 amide bonds. The molecule has 0 aromatic heterocycles. The quantitative estimate of drug-likeness (QED) is 0.743. The van der Waals surface area contributed by atoms with E-state index in [0.29, 0.717) is 11.0 Å². The number of hydrogen-bond acceptors (Lipinski definition) is 2. The van der Waals surface area contributed by atoms with Gasteiger partial charge >= 0.3 is 12.0 Å². The zero-order valence-electron chi connectivity index (χ0n) is 10.7. The predicted molar refractivity (Wildman–Crippen MR) is 77.6 cm³/mol. The molecule has 0 saturated carbocycles. The van der Waals surface area contributed by atoms with Crippen LogP contribution >= 0.6 is 15.9 Å². The fourth-order valence-corrected chi connectivity index (χ4v) is 1.68. The summed E-state index contributed by atoms with van der Waals surface area (Å²) < 4.78 is 0.692. The number of carbonyl (C=O) groups excluding carboxylic acids is 1. The first kappa shape index (κ1) is 15.2. The normalized spacial score (nSPS) is 9.63. The number of amides is 2. The highest BCUT2D eigenvalue weighted by atomic mass is 79.9. The molecule has 0 radical (unpaired) electrons. The second kappa shape index (κ2) is 6.94. The first-order valence-electron chi connectivity index (χ1n) is 5.61. The smallest absolute Gasteiger partial charge is 0.337 e. The van der Waals surface area contributed by atoms with E-state index in [0.717, 1.165) is 5.57 Å². The van der Waals surface area contributed by atoms with Crippen molar-refractivity contribution in [2.75, 3.05) is 11.9 Å². The van der Waals surface area contributed by atoms with Crippen LogP contribution in [0.1, 0.15) is 24.2 Å². The van der Waals surface area contributed by atoms with Gasteiger partial charge in [0.25, 0.3) is 0 Å². The molecule has 0 aliphatic heterocycles. The van der Waals surface area contributed by atoms with Crippen molar-refractivity contribution in [3.8, 4) is 0 Å². The predicted octanol–water partition coefficient (Wildman–Crippen LogP) is 3.24. The Kier molecular flexibility index (Phi) is 5.57. The van der Waals surface area contributed by atoms with Crippen LogP contribution in [0.4, 0.5) is 10.5 Å². The summed E-state index contributed by atoms with van der Waals surface area (Å²) >= 11 is 3.23. The van der Waals surface area contributed by atoms with Crippen molar-refractivity contribution in [3.63, 3.8) is 0 Å². The Morgan fingerprint density at radius 3 is 2.63 bits per heavy atom. The van der Waals surface area contributed by atoms with Gasteiger partial charge in [-0.1, -0.05) is 27.6 Å². The number of hydrogen-bond donors (Lipinski definition) is 3. The second-order valence-electron chi connectivity index (χ2n) is 4.11. The molecule has 1 aromatic carbocycles. The summed E-state index contributed by atoms with van der Waals surface area (Å²) in [4.78, 5) is 22.6. The number of anilines is 1. The van der Waals surface area contributed by atoms with Gasteiger partial charge in [0, 0.05) is 11.0 Å². The average Bonchev–Trinajstić information content (AvgIpc) is 2.27. The Hall–Kier alpha value is -1.82. The molecule has 0 heterocycles. The molecule has 5 nitrogen and oxygen atoms in total. The first-order valence-corrected chi connectivity index (χ1v) is 6.40. The molecule has 0 spiro atoms. The third kappa shape index (κ3) is 5.13. The standard InChI is InChI=1S/C13H15BrN2O3/c1-8(2)5-6-15-13(19)16-11-7-9(14)3-4-10(11)12(17)18/h3-5,7H,6H2,1-2H3,(H,17,18)(H2,15,16,19). The van der Waals surface area contributed by atoms with E-state index < -0.39 is 12.0 Å². The number of nitrogens with one attached hydrogen (secondary N) is 2. The zero-order chi connectivity index (χ0) is 14.4. The van der Waals surface area contributed by atoms with Gasteiger partial charge in [0.05, 0.1) is 11.3 Å². The molecule has 0 aliphatic carbocycles. The lowest BCUT2D eigenvalue weighted by Gasteiger charge is -2.09. The van der Waals surface area contributed by atoms with Crippen molar-refractivity contribution in [1.29, 1.82) is 0 Å². The molecule has 102 valence electrons. The number of halogens is 1. The van der Waals surface area contributed by atoms with Crippen LogP contribution in [-0.2, 0) is 0 Å². The van der Waals surface area contributed by atoms with E-state index in [9.17, 15) is 9.59 Å². The Morgan fingerprint density at radius 2 is 2.05 bits per heavy atom. The van der Waals surface area contributed by atoms with E-state index in [-0.39, 0.29) is 11.3 Å². The van der Waals surface area contributed by atoms with Crippen LogP contribution < -0.4 is 10.6 Å². The summed E-state index contributed by atoms with van der Waals surface area (Å²) in [6.45, 7) is 4.25. The van der Waals surface area contributed by atoms with Gasteiger partial charge in [-0.3, -0.25) is 0 Å². The Morgan fingerprint density at radius 1 is 1.37 bits per heavy atom. The number of urea groups is 1. The van der Waals surface area contributed by atoms with Gasteiger partial charge in [-0.05, 0) is 32.0 Å². The van der Waals surface area contributed by atoms with Gasteiger partial charge in [0.1, 0.15) is 0 Å². The lowest BCUT2D eigenvalue weighted by Crippen LogP contribution is -2.29. The first-order chi connectivity index (χ1) is 8.90. The molecule has 0 saturated heterocycles. The lowest BCUT2D eigenvalue weighted by molar-refractivity contribution is 0.0698.